The number of halogens is 1. The van der Waals surface area contributed by atoms with Gasteiger partial charge in [-0.3, -0.25) is 0 Å². The van der Waals surface area contributed by atoms with Crippen LogP contribution in [0, 0.1) is 6.92 Å². The van der Waals surface area contributed by atoms with E-state index in [0.717, 1.165) is 21.3 Å². The van der Waals surface area contributed by atoms with Crippen molar-refractivity contribution < 1.29 is 4.74 Å². The van der Waals surface area contributed by atoms with Gasteiger partial charge in [0.15, 0.2) is 0 Å². The number of aryl methyl sites for hydroxylation is 1. The molecule has 0 aromatic heterocycles. The Balaban J connectivity index is 2.13. The van der Waals surface area contributed by atoms with Crippen LogP contribution in [0.4, 0.5) is 0 Å². The molecule has 0 aliphatic heterocycles. The van der Waals surface area contributed by atoms with E-state index in [2.05, 4.69) is 47.1 Å². The van der Waals surface area contributed by atoms with Gasteiger partial charge in [-0.25, -0.2) is 0 Å². The van der Waals surface area contributed by atoms with E-state index in [1.807, 2.05) is 25.1 Å². The molecule has 0 unspecified atom stereocenters. The van der Waals surface area contributed by atoms with Gasteiger partial charge in [-0.15, -0.1) is 0 Å². The van der Waals surface area contributed by atoms with Crippen molar-refractivity contribution in [3.05, 3.63) is 63.6 Å². The Morgan fingerprint density at radius 2 is 1.84 bits per heavy atom. The summed E-state index contributed by atoms with van der Waals surface area (Å²) in [5, 5.41) is 0. The standard InChI is InChI=1S/C16H18BrNO/c1-11-3-5-13(6-4-11)10-19-16-8-7-14(17)9-15(16)12(2)18/h3-9,12H,10,18H2,1-2H3/t12-/m1/s1. The second kappa shape index (κ2) is 6.22. The summed E-state index contributed by atoms with van der Waals surface area (Å²) in [6.45, 7) is 4.59. The highest BCUT2D eigenvalue weighted by Crippen LogP contribution is 2.28. The molecule has 100 valence electrons. The van der Waals surface area contributed by atoms with Gasteiger partial charge in [0.05, 0.1) is 0 Å². The monoisotopic (exact) mass is 319 g/mol. The smallest absolute Gasteiger partial charge is 0.124 e. The number of nitrogens with two attached hydrogens (primary N) is 1. The molecule has 0 aliphatic rings. The molecule has 0 saturated heterocycles. The van der Waals surface area contributed by atoms with Gasteiger partial charge in [-0.05, 0) is 37.6 Å². The van der Waals surface area contributed by atoms with Crippen molar-refractivity contribution in [1.29, 1.82) is 0 Å². The molecule has 2 N–H and O–H groups in total. The Morgan fingerprint density at radius 3 is 2.47 bits per heavy atom. The lowest BCUT2D eigenvalue weighted by molar-refractivity contribution is 0.301. The maximum Gasteiger partial charge on any atom is 0.124 e. The van der Waals surface area contributed by atoms with Gasteiger partial charge < -0.3 is 10.5 Å². The van der Waals surface area contributed by atoms with Crippen molar-refractivity contribution in [3.8, 4) is 5.75 Å². The molecule has 3 heteroatoms. The van der Waals surface area contributed by atoms with Crippen LogP contribution in [0.2, 0.25) is 0 Å². The van der Waals surface area contributed by atoms with Gasteiger partial charge in [-0.2, -0.15) is 0 Å². The van der Waals surface area contributed by atoms with Crippen molar-refractivity contribution in [2.45, 2.75) is 26.5 Å². The molecule has 0 radical (unpaired) electrons. The first kappa shape index (κ1) is 14.1. The maximum absolute atomic E-state index is 5.97. The largest absolute Gasteiger partial charge is 0.489 e. The van der Waals surface area contributed by atoms with E-state index >= 15 is 0 Å². The normalized spacial score (nSPS) is 12.2. The zero-order valence-electron chi connectivity index (χ0n) is 11.2. The van der Waals surface area contributed by atoms with Gasteiger partial charge in [-0.1, -0.05) is 45.8 Å². The average Bonchev–Trinajstić information content (AvgIpc) is 2.39. The Kier molecular flexibility index (Phi) is 4.61. The first-order chi connectivity index (χ1) is 9.06. The summed E-state index contributed by atoms with van der Waals surface area (Å²) in [4.78, 5) is 0. The van der Waals surface area contributed by atoms with Gasteiger partial charge in [0.2, 0.25) is 0 Å². The predicted molar refractivity (Wildman–Crippen MR) is 82.3 cm³/mol. The van der Waals surface area contributed by atoms with E-state index in [4.69, 9.17) is 10.5 Å². The lowest BCUT2D eigenvalue weighted by Gasteiger charge is -2.14. The molecule has 1 atom stereocenters. The van der Waals surface area contributed by atoms with Gasteiger partial charge >= 0.3 is 0 Å². The minimum Gasteiger partial charge on any atom is -0.489 e. The van der Waals surface area contributed by atoms with Gasteiger partial charge in [0, 0.05) is 16.1 Å². The minimum absolute atomic E-state index is 0.0504. The first-order valence-electron chi connectivity index (χ1n) is 6.29. The molecule has 0 saturated carbocycles. The Hall–Kier alpha value is -1.32. The van der Waals surface area contributed by atoms with Crippen LogP contribution >= 0.6 is 15.9 Å². The summed E-state index contributed by atoms with van der Waals surface area (Å²) in [5.41, 5.74) is 9.40. The topological polar surface area (TPSA) is 35.2 Å². The van der Waals surface area contributed by atoms with Crippen molar-refractivity contribution >= 4 is 15.9 Å². The van der Waals surface area contributed by atoms with Crippen LogP contribution in [0.3, 0.4) is 0 Å². The van der Waals surface area contributed by atoms with Crippen LogP contribution in [0.25, 0.3) is 0 Å². The third-order valence-electron chi connectivity index (χ3n) is 2.98. The van der Waals surface area contributed by atoms with E-state index in [1.165, 1.54) is 5.56 Å². The highest BCUT2D eigenvalue weighted by molar-refractivity contribution is 9.10. The number of hydrogen-bond donors (Lipinski definition) is 1. The van der Waals surface area contributed by atoms with Crippen molar-refractivity contribution in [2.24, 2.45) is 5.73 Å². The second-order valence-electron chi connectivity index (χ2n) is 4.75. The number of ether oxygens (including phenoxy) is 1. The molecule has 0 fully saturated rings. The molecule has 2 aromatic carbocycles. The van der Waals surface area contributed by atoms with Crippen LogP contribution in [-0.4, -0.2) is 0 Å². The molecule has 0 aliphatic carbocycles. The third-order valence-corrected chi connectivity index (χ3v) is 3.47. The molecule has 2 rings (SSSR count). The zero-order chi connectivity index (χ0) is 13.8. The summed E-state index contributed by atoms with van der Waals surface area (Å²) in [6, 6.07) is 14.2. The summed E-state index contributed by atoms with van der Waals surface area (Å²) >= 11 is 3.46. The van der Waals surface area contributed by atoms with Gasteiger partial charge in [0.25, 0.3) is 0 Å². The summed E-state index contributed by atoms with van der Waals surface area (Å²) in [6.07, 6.45) is 0. The summed E-state index contributed by atoms with van der Waals surface area (Å²) < 4.78 is 6.89. The number of benzene rings is 2. The fourth-order valence-corrected chi connectivity index (χ4v) is 2.23. The average molecular weight is 320 g/mol. The van der Waals surface area contributed by atoms with Crippen LogP contribution in [0.15, 0.2) is 46.9 Å². The summed E-state index contributed by atoms with van der Waals surface area (Å²) in [5.74, 6) is 0.846. The molecular formula is C16H18BrNO. The molecular weight excluding hydrogens is 302 g/mol. The molecule has 0 heterocycles. The third kappa shape index (κ3) is 3.82. The molecule has 0 spiro atoms. The van der Waals surface area contributed by atoms with E-state index < -0.39 is 0 Å². The highest BCUT2D eigenvalue weighted by Gasteiger charge is 2.09. The first-order valence-corrected chi connectivity index (χ1v) is 7.09. The lowest BCUT2D eigenvalue weighted by atomic mass is 10.1. The quantitative estimate of drug-likeness (QED) is 0.908. The lowest BCUT2D eigenvalue weighted by Crippen LogP contribution is -2.08. The van der Waals surface area contributed by atoms with E-state index in [9.17, 15) is 0 Å². The van der Waals surface area contributed by atoms with E-state index in [1.54, 1.807) is 0 Å². The van der Waals surface area contributed by atoms with Crippen LogP contribution < -0.4 is 10.5 Å². The highest BCUT2D eigenvalue weighted by atomic mass is 79.9. The second-order valence-corrected chi connectivity index (χ2v) is 5.66. The number of hydrogen-bond acceptors (Lipinski definition) is 2. The fourth-order valence-electron chi connectivity index (χ4n) is 1.85. The van der Waals surface area contributed by atoms with Gasteiger partial charge in [0.1, 0.15) is 12.4 Å². The molecule has 19 heavy (non-hydrogen) atoms. The molecule has 0 bridgehead atoms. The fraction of sp³-hybridized carbons (Fsp3) is 0.250. The van der Waals surface area contributed by atoms with Crippen LogP contribution in [0.5, 0.6) is 5.75 Å². The van der Waals surface area contributed by atoms with Crippen LogP contribution in [-0.2, 0) is 6.61 Å². The van der Waals surface area contributed by atoms with Crippen molar-refractivity contribution in [3.63, 3.8) is 0 Å². The van der Waals surface area contributed by atoms with Crippen molar-refractivity contribution in [1.82, 2.24) is 0 Å². The zero-order valence-corrected chi connectivity index (χ0v) is 12.8. The maximum atomic E-state index is 5.97. The van der Waals surface area contributed by atoms with Crippen molar-refractivity contribution in [2.75, 3.05) is 0 Å². The minimum atomic E-state index is -0.0504. The predicted octanol–water partition coefficient (Wildman–Crippen LogP) is 4.36. The summed E-state index contributed by atoms with van der Waals surface area (Å²) in [7, 11) is 0. The Labute approximate surface area is 122 Å². The molecule has 0 amide bonds. The van der Waals surface area contributed by atoms with E-state index in [-0.39, 0.29) is 6.04 Å². The molecule has 2 aromatic rings. The SMILES string of the molecule is Cc1ccc(COc2ccc(Br)cc2[C@@H](C)N)cc1. The molecule has 2 nitrogen and oxygen atoms in total. The van der Waals surface area contributed by atoms with E-state index in [0.29, 0.717) is 6.61 Å². The van der Waals surface area contributed by atoms with Crippen LogP contribution in [0.1, 0.15) is 29.7 Å². The number of rotatable bonds is 4. The Morgan fingerprint density at radius 1 is 1.16 bits per heavy atom. The Bertz CT molecular complexity index is 549.